The highest BCUT2D eigenvalue weighted by Crippen LogP contribution is 2.27. The molecule has 2 fully saturated rings. The molecule has 1 aromatic carbocycles. The third-order valence-electron chi connectivity index (χ3n) is 10.9. The van der Waals surface area contributed by atoms with Crippen molar-refractivity contribution in [3.63, 3.8) is 0 Å². The SMILES string of the molecule is Cc1ccnc(-n2c(=S)[nH]c3sc(C)c(C#CC(=O)NCCOCCNC(=O)Cn4ccc5cc(CNCCc6ccc(N7C[C@H]8CC[C@@H](C7)N8)cc6)cnc54)c3c2=O)c1. The Labute approximate surface area is 356 Å². The molecule has 2 aliphatic rings. The van der Waals surface area contributed by atoms with Crippen LogP contribution in [0.15, 0.2) is 71.9 Å². The topological polar surface area (TPSA) is 163 Å². The minimum absolute atomic E-state index is 0.138. The molecule has 2 bridgehead atoms. The molecule has 0 saturated carbocycles. The number of nitrogens with one attached hydrogen (secondary N) is 5. The summed E-state index contributed by atoms with van der Waals surface area (Å²) in [4.78, 5) is 54.8. The quantitative estimate of drug-likeness (QED) is 0.0580. The third-order valence-corrected chi connectivity index (χ3v) is 12.2. The van der Waals surface area contributed by atoms with Crippen LogP contribution in [-0.4, -0.2) is 93.9 Å². The van der Waals surface area contributed by atoms with Gasteiger partial charge in [0.15, 0.2) is 4.77 Å². The first-order valence-corrected chi connectivity index (χ1v) is 21.5. The molecule has 0 radical (unpaired) electrons. The van der Waals surface area contributed by atoms with Crippen LogP contribution in [0.25, 0.3) is 27.1 Å². The molecule has 2 aliphatic heterocycles. The second-order valence-electron chi connectivity index (χ2n) is 15.3. The van der Waals surface area contributed by atoms with Gasteiger partial charge >= 0.3 is 0 Å². The average Bonchev–Trinajstić information content (AvgIpc) is 3.90. The van der Waals surface area contributed by atoms with E-state index in [0.717, 1.165) is 53.1 Å². The normalized spacial score (nSPS) is 15.9. The van der Waals surface area contributed by atoms with E-state index in [4.69, 9.17) is 17.0 Å². The Morgan fingerprint density at radius 2 is 1.77 bits per heavy atom. The number of anilines is 1. The van der Waals surface area contributed by atoms with Gasteiger partial charge in [0.25, 0.3) is 11.5 Å². The number of carbonyl (C=O) groups excluding carboxylic acids is 2. The zero-order valence-corrected chi connectivity index (χ0v) is 35.3. The lowest BCUT2D eigenvalue weighted by Crippen LogP contribution is -2.51. The highest BCUT2D eigenvalue weighted by Gasteiger charge is 2.32. The number of ether oxygens (including phenoxy) is 1. The van der Waals surface area contributed by atoms with Gasteiger partial charge in [-0.05, 0) is 105 Å². The molecule has 7 heterocycles. The van der Waals surface area contributed by atoms with Crippen LogP contribution in [0.4, 0.5) is 5.69 Å². The number of amides is 2. The van der Waals surface area contributed by atoms with Gasteiger partial charge in [0.2, 0.25) is 5.91 Å². The number of piperazine rings is 1. The first-order valence-electron chi connectivity index (χ1n) is 20.3. The largest absolute Gasteiger partial charge is 0.378 e. The maximum absolute atomic E-state index is 13.6. The van der Waals surface area contributed by atoms with E-state index in [-0.39, 0.29) is 42.5 Å². The minimum Gasteiger partial charge on any atom is -0.378 e. The smallest absolute Gasteiger partial charge is 0.296 e. The number of fused-ring (bicyclic) bond motifs is 4. The number of rotatable bonds is 15. The summed E-state index contributed by atoms with van der Waals surface area (Å²) >= 11 is 6.82. The van der Waals surface area contributed by atoms with Crippen molar-refractivity contribution >= 4 is 62.3 Å². The molecule has 14 nitrogen and oxygen atoms in total. The van der Waals surface area contributed by atoms with Gasteiger partial charge in [0.1, 0.15) is 22.8 Å². The van der Waals surface area contributed by atoms with E-state index in [1.807, 2.05) is 42.9 Å². The lowest BCUT2D eigenvalue weighted by atomic mass is 10.1. The van der Waals surface area contributed by atoms with Crippen LogP contribution >= 0.6 is 23.6 Å². The van der Waals surface area contributed by atoms with Gasteiger partial charge in [-0.1, -0.05) is 18.1 Å². The highest BCUT2D eigenvalue weighted by molar-refractivity contribution is 7.71. The Hall–Kier alpha value is -5.70. The van der Waals surface area contributed by atoms with E-state index >= 15 is 0 Å². The predicted molar refractivity (Wildman–Crippen MR) is 237 cm³/mol. The molecule has 2 amide bonds. The lowest BCUT2D eigenvalue weighted by molar-refractivity contribution is -0.121. The highest BCUT2D eigenvalue weighted by atomic mass is 32.1. The fraction of sp³-hybridized carbons (Fsp3) is 0.364. The number of carbonyl (C=O) groups is 2. The minimum atomic E-state index is -0.500. The molecule has 8 rings (SSSR count). The maximum Gasteiger partial charge on any atom is 0.296 e. The van der Waals surface area contributed by atoms with Crippen LogP contribution in [0, 0.1) is 30.5 Å². The first kappa shape index (κ1) is 41.1. The Balaban J connectivity index is 0.726. The summed E-state index contributed by atoms with van der Waals surface area (Å²) < 4.78 is 9.01. The zero-order valence-electron chi connectivity index (χ0n) is 33.7. The van der Waals surface area contributed by atoms with Crippen molar-refractivity contribution in [1.82, 2.24) is 45.4 Å². The number of hydrogen-bond acceptors (Lipinski definition) is 11. The van der Waals surface area contributed by atoms with Gasteiger partial charge in [0.05, 0.1) is 24.2 Å². The average molecular weight is 845 g/mol. The molecule has 16 heteroatoms. The fourth-order valence-corrected chi connectivity index (χ4v) is 9.21. The molecule has 0 spiro atoms. The maximum atomic E-state index is 13.6. The monoisotopic (exact) mass is 844 g/mol. The van der Waals surface area contributed by atoms with E-state index in [1.54, 1.807) is 12.3 Å². The van der Waals surface area contributed by atoms with Crippen LogP contribution in [-0.2, 0) is 33.8 Å². The molecule has 60 heavy (non-hydrogen) atoms. The van der Waals surface area contributed by atoms with Crippen molar-refractivity contribution in [3.05, 3.63) is 109 Å². The van der Waals surface area contributed by atoms with Crippen LogP contribution in [0.2, 0.25) is 0 Å². The van der Waals surface area contributed by atoms with Crippen LogP contribution in [0.5, 0.6) is 0 Å². The molecule has 2 saturated heterocycles. The Kier molecular flexibility index (Phi) is 12.8. The van der Waals surface area contributed by atoms with Crippen molar-refractivity contribution in [3.8, 4) is 17.7 Å². The Morgan fingerprint density at radius 1 is 0.983 bits per heavy atom. The van der Waals surface area contributed by atoms with E-state index < -0.39 is 5.91 Å². The van der Waals surface area contributed by atoms with Crippen LogP contribution in [0.1, 0.15) is 40.0 Å². The summed E-state index contributed by atoms with van der Waals surface area (Å²) in [5, 5.41) is 14.2. The van der Waals surface area contributed by atoms with Crippen LogP contribution in [0.3, 0.4) is 0 Å². The Morgan fingerprint density at radius 3 is 2.55 bits per heavy atom. The number of hydrogen-bond donors (Lipinski definition) is 5. The lowest BCUT2D eigenvalue weighted by Gasteiger charge is -2.34. The second-order valence-corrected chi connectivity index (χ2v) is 16.9. The van der Waals surface area contributed by atoms with Gasteiger partial charge in [-0.3, -0.25) is 14.4 Å². The molecule has 310 valence electrons. The number of aryl methyl sites for hydroxylation is 2. The Bertz CT molecular complexity index is 2700. The standard InChI is InChI=1S/C44H48N10O4S2/c1-28-11-15-46-37(21-28)54-43(57)40-36(29(2)60-42(40)51-44(54)59)9-10-38(55)47-16-19-58-20-17-48-39(56)27-52-18-13-32-22-31(24-49-41(32)52)23-45-14-12-30-3-7-35(8-4-30)53-25-33-5-6-34(26-53)50-33/h3-4,7-8,11,13,15,18,21-22,24,33-34,45,50H,5-6,12,14,16-17,19-20,23,25-27H2,1-2H3,(H,47,55)(H,48,56)(H,51,59)/t33-,34+. The van der Waals surface area contributed by atoms with Gasteiger partial charge in [0, 0.05) is 85.3 Å². The second kappa shape index (κ2) is 18.7. The molecular formula is C44H48N10O4S2. The van der Waals surface area contributed by atoms with Crippen molar-refractivity contribution in [2.45, 2.75) is 58.3 Å². The van der Waals surface area contributed by atoms with Crippen molar-refractivity contribution in [1.29, 1.82) is 0 Å². The number of benzene rings is 1. The number of thiophene rings is 1. The number of H-pyrrole nitrogens is 1. The number of pyridine rings is 2. The molecule has 6 aromatic rings. The van der Waals surface area contributed by atoms with Gasteiger partial charge in [-0.15, -0.1) is 11.3 Å². The predicted octanol–water partition coefficient (Wildman–Crippen LogP) is 4.04. The molecule has 2 atom stereocenters. The zero-order chi connectivity index (χ0) is 41.6. The third kappa shape index (κ3) is 9.67. The van der Waals surface area contributed by atoms with Crippen molar-refractivity contribution < 1.29 is 14.3 Å². The summed E-state index contributed by atoms with van der Waals surface area (Å²) in [6.07, 6.45) is 8.89. The van der Waals surface area contributed by atoms with Crippen molar-refractivity contribution in [2.75, 3.05) is 50.8 Å². The number of nitrogens with zero attached hydrogens (tertiary/aromatic N) is 5. The van der Waals surface area contributed by atoms with Gasteiger partial charge in [-0.2, -0.15) is 0 Å². The summed E-state index contributed by atoms with van der Waals surface area (Å²) in [6.45, 7) is 8.74. The molecule has 0 unspecified atom stereocenters. The molecule has 5 N–H and O–H groups in total. The summed E-state index contributed by atoms with van der Waals surface area (Å²) in [5.74, 6) is 5.23. The van der Waals surface area contributed by atoms with E-state index in [9.17, 15) is 14.4 Å². The van der Waals surface area contributed by atoms with E-state index in [1.165, 1.54) is 40.0 Å². The van der Waals surface area contributed by atoms with E-state index in [0.29, 0.717) is 46.8 Å². The van der Waals surface area contributed by atoms with Gasteiger partial charge in [-0.25, -0.2) is 14.5 Å². The molecular weight excluding hydrogens is 797 g/mol. The summed E-state index contributed by atoms with van der Waals surface area (Å²) in [5.41, 5.74) is 5.55. The summed E-state index contributed by atoms with van der Waals surface area (Å²) in [7, 11) is 0. The molecule has 0 aliphatic carbocycles. The van der Waals surface area contributed by atoms with Crippen LogP contribution < -0.4 is 31.7 Å². The van der Waals surface area contributed by atoms with Gasteiger partial charge < -0.3 is 40.5 Å². The summed E-state index contributed by atoms with van der Waals surface area (Å²) in [6, 6.07) is 18.0. The first-order chi connectivity index (χ1) is 29.2. The van der Waals surface area contributed by atoms with Crippen molar-refractivity contribution in [2.24, 2.45) is 0 Å². The number of aromatic amines is 1. The molecule has 5 aromatic heterocycles. The van der Waals surface area contributed by atoms with E-state index in [2.05, 4.69) is 83.3 Å². The number of aromatic nitrogens is 5. The fourth-order valence-electron chi connectivity index (χ4n) is 7.86.